The van der Waals surface area contributed by atoms with Gasteiger partial charge in [-0.25, -0.2) is 4.79 Å². The molecule has 0 spiro atoms. The molecule has 2 aromatic carbocycles. The van der Waals surface area contributed by atoms with Gasteiger partial charge in [0.05, 0.1) is 16.8 Å². The number of fused-ring (bicyclic) bond motifs is 1. The van der Waals surface area contributed by atoms with Crippen LogP contribution in [0.1, 0.15) is 15.9 Å². The van der Waals surface area contributed by atoms with E-state index in [9.17, 15) is 22.8 Å². The summed E-state index contributed by atoms with van der Waals surface area (Å²) in [5.41, 5.74) is -0.686. The molecule has 8 heteroatoms. The van der Waals surface area contributed by atoms with Gasteiger partial charge in [0.1, 0.15) is 0 Å². The summed E-state index contributed by atoms with van der Waals surface area (Å²) in [6, 6.07) is 8.75. The number of amides is 1. The predicted molar refractivity (Wildman–Crippen MR) is 76.2 cm³/mol. The Hall–Kier alpha value is -3.03. The molecule has 0 saturated heterocycles. The Morgan fingerprint density at radius 3 is 2.61 bits per heavy atom. The second kappa shape index (κ2) is 5.31. The molecule has 0 aliphatic rings. The highest BCUT2D eigenvalue weighted by Gasteiger charge is 2.33. The van der Waals surface area contributed by atoms with Crippen LogP contribution in [0, 0.1) is 0 Å². The van der Waals surface area contributed by atoms with Gasteiger partial charge in [-0.15, -0.1) is 0 Å². The number of rotatable bonds is 2. The van der Waals surface area contributed by atoms with Crippen LogP contribution in [0.4, 0.5) is 18.9 Å². The molecule has 0 fully saturated rings. The molecule has 0 aliphatic carbocycles. The van der Waals surface area contributed by atoms with Crippen molar-refractivity contribution < 1.29 is 22.4 Å². The van der Waals surface area contributed by atoms with Gasteiger partial charge in [0.15, 0.2) is 5.58 Å². The second-order valence-corrected chi connectivity index (χ2v) is 4.72. The number of aromatic amines is 1. The summed E-state index contributed by atoms with van der Waals surface area (Å²) in [7, 11) is 0. The number of para-hydroxylation sites is 1. The van der Waals surface area contributed by atoms with E-state index in [1.807, 2.05) is 0 Å². The molecule has 23 heavy (non-hydrogen) atoms. The summed E-state index contributed by atoms with van der Waals surface area (Å²) >= 11 is 0. The van der Waals surface area contributed by atoms with Gasteiger partial charge >= 0.3 is 11.9 Å². The van der Waals surface area contributed by atoms with Crippen molar-refractivity contribution in [2.24, 2.45) is 0 Å². The molecule has 0 aliphatic heterocycles. The van der Waals surface area contributed by atoms with Crippen LogP contribution in [-0.4, -0.2) is 10.9 Å². The molecule has 0 bridgehead atoms. The number of nitrogens with one attached hydrogen (secondary N) is 2. The van der Waals surface area contributed by atoms with Gasteiger partial charge in [-0.1, -0.05) is 12.1 Å². The van der Waals surface area contributed by atoms with E-state index in [4.69, 9.17) is 4.42 Å². The Morgan fingerprint density at radius 2 is 1.87 bits per heavy atom. The zero-order chi connectivity index (χ0) is 16.6. The minimum atomic E-state index is -4.58. The van der Waals surface area contributed by atoms with Crippen molar-refractivity contribution in [3.8, 4) is 0 Å². The lowest BCUT2D eigenvalue weighted by Gasteiger charge is -2.13. The number of anilines is 1. The van der Waals surface area contributed by atoms with Gasteiger partial charge in [-0.05, 0) is 30.3 Å². The Bertz CT molecular complexity index is 941. The number of alkyl halides is 3. The van der Waals surface area contributed by atoms with Gasteiger partial charge in [0, 0.05) is 5.56 Å². The average Bonchev–Trinajstić information content (AvgIpc) is 2.85. The molecule has 2 N–H and O–H groups in total. The van der Waals surface area contributed by atoms with E-state index in [0.29, 0.717) is 5.52 Å². The summed E-state index contributed by atoms with van der Waals surface area (Å²) < 4.78 is 43.5. The fraction of sp³-hybridized carbons (Fsp3) is 0.0667. The first kappa shape index (κ1) is 14.9. The molecule has 3 rings (SSSR count). The molecule has 0 unspecified atom stereocenters. The number of halogens is 3. The molecule has 0 radical (unpaired) electrons. The Balaban J connectivity index is 1.93. The SMILES string of the molecule is O=C(Nc1ccccc1C(F)(F)F)c1ccc2[nH]c(=O)oc2c1. The quantitative estimate of drug-likeness (QED) is 0.759. The van der Waals surface area contributed by atoms with Gasteiger partial charge in [0.25, 0.3) is 5.91 Å². The van der Waals surface area contributed by atoms with Crippen molar-refractivity contribution >= 4 is 22.7 Å². The van der Waals surface area contributed by atoms with Crippen LogP contribution in [0.5, 0.6) is 0 Å². The number of H-pyrrole nitrogens is 1. The summed E-state index contributed by atoms with van der Waals surface area (Å²) in [6.07, 6.45) is -4.58. The maximum Gasteiger partial charge on any atom is 0.418 e. The smallest absolute Gasteiger partial charge is 0.408 e. The summed E-state index contributed by atoms with van der Waals surface area (Å²) in [4.78, 5) is 25.6. The minimum absolute atomic E-state index is 0.0669. The van der Waals surface area contributed by atoms with Crippen LogP contribution in [0.25, 0.3) is 11.1 Å². The van der Waals surface area contributed by atoms with Crippen molar-refractivity contribution in [3.63, 3.8) is 0 Å². The number of oxazole rings is 1. The molecular formula is C15H9F3N2O3. The largest absolute Gasteiger partial charge is 0.418 e. The molecule has 3 aromatic rings. The number of hydrogen-bond acceptors (Lipinski definition) is 3. The van der Waals surface area contributed by atoms with Crippen LogP contribution >= 0.6 is 0 Å². The average molecular weight is 322 g/mol. The second-order valence-electron chi connectivity index (χ2n) is 4.72. The fourth-order valence-corrected chi connectivity index (χ4v) is 2.12. The molecule has 0 saturated carbocycles. The first-order chi connectivity index (χ1) is 10.8. The topological polar surface area (TPSA) is 75.1 Å². The van der Waals surface area contributed by atoms with E-state index < -0.39 is 23.4 Å². The number of carbonyl (C=O) groups excluding carboxylic acids is 1. The Morgan fingerprint density at radius 1 is 1.13 bits per heavy atom. The van der Waals surface area contributed by atoms with Crippen molar-refractivity contribution in [1.82, 2.24) is 4.98 Å². The molecule has 0 atom stereocenters. The van der Waals surface area contributed by atoms with Crippen molar-refractivity contribution in [2.45, 2.75) is 6.18 Å². The van der Waals surface area contributed by atoms with Crippen molar-refractivity contribution in [2.75, 3.05) is 5.32 Å². The van der Waals surface area contributed by atoms with Gasteiger partial charge in [-0.2, -0.15) is 13.2 Å². The van der Waals surface area contributed by atoms with Crippen LogP contribution in [-0.2, 0) is 6.18 Å². The lowest BCUT2D eigenvalue weighted by atomic mass is 10.1. The van der Waals surface area contributed by atoms with E-state index in [-0.39, 0.29) is 16.8 Å². The third-order valence-corrected chi connectivity index (χ3v) is 3.16. The number of hydrogen-bond donors (Lipinski definition) is 2. The zero-order valence-corrected chi connectivity index (χ0v) is 11.4. The third kappa shape index (κ3) is 2.96. The number of benzene rings is 2. The molecule has 1 aromatic heterocycles. The van der Waals surface area contributed by atoms with E-state index >= 15 is 0 Å². The Labute approximate surface area is 126 Å². The summed E-state index contributed by atoms with van der Waals surface area (Å²) in [5.74, 6) is -1.42. The minimum Gasteiger partial charge on any atom is -0.408 e. The van der Waals surface area contributed by atoms with E-state index in [1.165, 1.54) is 30.3 Å². The fourth-order valence-electron chi connectivity index (χ4n) is 2.12. The van der Waals surface area contributed by atoms with Gasteiger partial charge < -0.3 is 9.73 Å². The van der Waals surface area contributed by atoms with E-state index in [2.05, 4.69) is 10.3 Å². The van der Waals surface area contributed by atoms with Gasteiger partial charge in [0.2, 0.25) is 0 Å². The molecule has 1 amide bonds. The number of carbonyl (C=O) groups is 1. The highest BCUT2D eigenvalue weighted by Crippen LogP contribution is 2.34. The highest BCUT2D eigenvalue weighted by atomic mass is 19.4. The maximum atomic E-state index is 12.9. The molecule has 1 heterocycles. The van der Waals surface area contributed by atoms with E-state index in [0.717, 1.165) is 12.1 Å². The van der Waals surface area contributed by atoms with Crippen LogP contribution < -0.4 is 11.1 Å². The molecule has 5 nitrogen and oxygen atoms in total. The van der Waals surface area contributed by atoms with Crippen molar-refractivity contribution in [1.29, 1.82) is 0 Å². The maximum absolute atomic E-state index is 12.9. The normalized spacial score (nSPS) is 11.6. The highest BCUT2D eigenvalue weighted by molar-refractivity contribution is 6.06. The predicted octanol–water partition coefficient (Wildman–Crippen LogP) is 3.39. The summed E-state index contributed by atoms with van der Waals surface area (Å²) in [6.45, 7) is 0. The van der Waals surface area contributed by atoms with Crippen LogP contribution in [0.3, 0.4) is 0 Å². The van der Waals surface area contributed by atoms with Crippen LogP contribution in [0.2, 0.25) is 0 Å². The first-order valence-corrected chi connectivity index (χ1v) is 6.45. The lowest BCUT2D eigenvalue weighted by Crippen LogP contribution is -2.16. The number of aromatic nitrogens is 1. The van der Waals surface area contributed by atoms with E-state index in [1.54, 1.807) is 0 Å². The lowest BCUT2D eigenvalue weighted by molar-refractivity contribution is -0.136. The monoisotopic (exact) mass is 322 g/mol. The zero-order valence-electron chi connectivity index (χ0n) is 11.4. The third-order valence-electron chi connectivity index (χ3n) is 3.16. The Kier molecular flexibility index (Phi) is 3.44. The summed E-state index contributed by atoms with van der Waals surface area (Å²) in [5, 5.41) is 2.22. The standard InChI is InChI=1S/C15H9F3N2O3/c16-15(17,18)9-3-1-2-4-10(9)19-13(21)8-5-6-11-12(7-8)23-14(22)20-11/h1-7H,(H,19,21)(H,20,22). The first-order valence-electron chi connectivity index (χ1n) is 6.45. The molecule has 118 valence electrons. The molecular weight excluding hydrogens is 313 g/mol. The van der Waals surface area contributed by atoms with Crippen molar-refractivity contribution in [3.05, 3.63) is 64.1 Å². The van der Waals surface area contributed by atoms with Crippen LogP contribution in [0.15, 0.2) is 51.7 Å². The van der Waals surface area contributed by atoms with Gasteiger partial charge in [-0.3, -0.25) is 9.78 Å².